The molecule has 2 N–H and O–H groups in total. The zero-order chi connectivity index (χ0) is 13.8. The molecule has 1 aromatic heterocycles. The summed E-state index contributed by atoms with van der Waals surface area (Å²) in [7, 11) is 0. The summed E-state index contributed by atoms with van der Waals surface area (Å²) >= 11 is 0. The second-order valence-corrected chi connectivity index (χ2v) is 3.92. The Kier molecular flexibility index (Phi) is 3.61. The zero-order valence-electron chi connectivity index (χ0n) is 10.2. The Morgan fingerprint density at radius 2 is 2.00 bits per heavy atom. The monoisotopic (exact) mass is 261 g/mol. The molecule has 0 fully saturated rings. The Labute approximate surface area is 108 Å². The predicted molar refractivity (Wildman–Crippen MR) is 67.3 cm³/mol. The van der Waals surface area contributed by atoms with Gasteiger partial charge in [-0.05, 0) is 43.3 Å². The molecule has 2 amide bonds. The van der Waals surface area contributed by atoms with Crippen molar-refractivity contribution < 1.29 is 14.4 Å². The molecule has 1 heterocycles. The molecule has 2 aromatic rings. The second-order valence-electron chi connectivity index (χ2n) is 3.92. The molecule has 0 unspecified atom stereocenters. The van der Waals surface area contributed by atoms with Crippen molar-refractivity contribution in [2.75, 3.05) is 5.32 Å². The number of amides is 2. The van der Waals surface area contributed by atoms with Crippen LogP contribution in [-0.4, -0.2) is 16.0 Å². The third-order valence-electron chi connectivity index (χ3n) is 2.43. The van der Waals surface area contributed by atoms with Gasteiger partial charge in [0.05, 0.1) is 11.1 Å². The van der Waals surface area contributed by atoms with Crippen LogP contribution in [-0.2, 0) is 0 Å². The number of urea groups is 1. The molecule has 0 aliphatic heterocycles. The summed E-state index contributed by atoms with van der Waals surface area (Å²) in [5.41, 5.74) is 1.01. The first-order valence-corrected chi connectivity index (χ1v) is 5.54. The molecule has 0 spiro atoms. The van der Waals surface area contributed by atoms with Crippen LogP contribution in [0.25, 0.3) is 0 Å². The zero-order valence-corrected chi connectivity index (χ0v) is 10.2. The van der Waals surface area contributed by atoms with E-state index in [9.17, 15) is 14.4 Å². The van der Waals surface area contributed by atoms with E-state index in [0.29, 0.717) is 16.7 Å². The maximum Gasteiger partial charge on any atom is 0.345 e. The molecule has 1 aromatic carbocycles. The minimum Gasteiger partial charge on any atom is -0.429 e. The van der Waals surface area contributed by atoms with E-state index < -0.39 is 6.03 Å². The summed E-state index contributed by atoms with van der Waals surface area (Å²) in [5, 5.41) is 12.2. The van der Waals surface area contributed by atoms with Crippen LogP contribution < -0.4 is 10.7 Å². The van der Waals surface area contributed by atoms with Crippen LogP contribution in [0.1, 0.15) is 5.69 Å². The fourth-order valence-electron chi connectivity index (χ4n) is 1.46. The molecule has 0 saturated carbocycles. The maximum atomic E-state index is 12.7. The first kappa shape index (κ1) is 12.8. The number of nitrogens with one attached hydrogen (secondary N) is 1. The van der Waals surface area contributed by atoms with Gasteiger partial charge in [0.2, 0.25) is 0 Å². The number of benzene rings is 1. The number of carbonyl (C=O) groups excluding carboxylic acids is 1. The van der Waals surface area contributed by atoms with Crippen LogP contribution in [0, 0.1) is 12.7 Å². The Balaban J connectivity index is 2.16. The molecule has 19 heavy (non-hydrogen) atoms. The van der Waals surface area contributed by atoms with E-state index in [4.69, 9.17) is 0 Å². The van der Waals surface area contributed by atoms with E-state index in [-0.39, 0.29) is 5.82 Å². The van der Waals surface area contributed by atoms with E-state index in [0.717, 1.165) is 4.73 Å². The van der Waals surface area contributed by atoms with Crippen molar-refractivity contribution >= 4 is 11.7 Å². The van der Waals surface area contributed by atoms with Crippen LogP contribution in [0.15, 0.2) is 47.6 Å². The van der Waals surface area contributed by atoms with Crippen molar-refractivity contribution in [1.29, 1.82) is 0 Å². The summed E-state index contributed by atoms with van der Waals surface area (Å²) in [6.07, 6.45) is 1.39. The van der Waals surface area contributed by atoms with Crippen molar-refractivity contribution in [3.63, 3.8) is 0 Å². The highest BCUT2D eigenvalue weighted by Gasteiger charge is 2.00. The van der Waals surface area contributed by atoms with E-state index in [1.165, 1.54) is 36.5 Å². The standard InChI is InChI=1S/C13H12FN3O2/c1-9-8-12(6-7-17(9)19)16-13(18)15-11-4-2-10(14)3-5-11/h2-8,19H,1H3,(H,15,18)/b16-12+. The number of rotatable bonds is 1. The quantitative estimate of drug-likeness (QED) is 0.773. The number of hydrogen-bond donors (Lipinski definition) is 2. The molecule has 0 atom stereocenters. The Morgan fingerprint density at radius 1 is 1.32 bits per heavy atom. The summed E-state index contributed by atoms with van der Waals surface area (Å²) in [6.45, 7) is 1.68. The molecule has 2 rings (SSSR count). The number of pyridine rings is 1. The normalized spacial score (nSPS) is 11.4. The highest BCUT2D eigenvalue weighted by atomic mass is 19.1. The van der Waals surface area contributed by atoms with Crippen LogP contribution in [0.2, 0.25) is 0 Å². The summed E-state index contributed by atoms with van der Waals surface area (Å²) in [6, 6.07) is 7.87. The minimum absolute atomic E-state index is 0.374. The fraction of sp³-hybridized carbons (Fsp3) is 0.0769. The van der Waals surface area contributed by atoms with E-state index >= 15 is 0 Å². The maximum absolute atomic E-state index is 12.7. The topological polar surface area (TPSA) is 66.6 Å². The van der Waals surface area contributed by atoms with Crippen molar-refractivity contribution in [2.45, 2.75) is 6.92 Å². The smallest absolute Gasteiger partial charge is 0.345 e. The highest BCUT2D eigenvalue weighted by molar-refractivity contribution is 5.89. The lowest BCUT2D eigenvalue weighted by Crippen LogP contribution is -2.14. The lowest BCUT2D eigenvalue weighted by molar-refractivity contribution is 0.177. The van der Waals surface area contributed by atoms with E-state index in [2.05, 4.69) is 10.3 Å². The van der Waals surface area contributed by atoms with Crippen molar-refractivity contribution in [2.24, 2.45) is 4.99 Å². The van der Waals surface area contributed by atoms with E-state index in [1.54, 1.807) is 13.0 Å². The minimum atomic E-state index is -0.568. The van der Waals surface area contributed by atoms with Gasteiger partial charge in [0, 0.05) is 11.9 Å². The van der Waals surface area contributed by atoms with Crippen molar-refractivity contribution in [1.82, 2.24) is 4.73 Å². The Hall–Kier alpha value is -2.63. The second kappa shape index (κ2) is 5.34. The number of carbonyl (C=O) groups is 1. The molecule has 0 aliphatic rings. The summed E-state index contributed by atoms with van der Waals surface area (Å²) < 4.78 is 13.6. The summed E-state index contributed by atoms with van der Waals surface area (Å²) in [5.74, 6) is -0.374. The molecule has 0 radical (unpaired) electrons. The molecule has 6 heteroatoms. The first-order chi connectivity index (χ1) is 9.04. The number of halogens is 1. The third kappa shape index (κ3) is 3.41. The highest BCUT2D eigenvalue weighted by Crippen LogP contribution is 2.08. The van der Waals surface area contributed by atoms with Crippen molar-refractivity contribution in [3.05, 3.63) is 59.5 Å². The van der Waals surface area contributed by atoms with Gasteiger partial charge in [-0.3, -0.25) is 0 Å². The number of anilines is 1. The van der Waals surface area contributed by atoms with Gasteiger partial charge in [-0.2, -0.15) is 9.72 Å². The van der Waals surface area contributed by atoms with Crippen molar-refractivity contribution in [3.8, 4) is 0 Å². The molecule has 0 aliphatic carbocycles. The van der Waals surface area contributed by atoms with Gasteiger partial charge >= 0.3 is 6.03 Å². The molecular weight excluding hydrogens is 249 g/mol. The number of aryl methyl sites for hydroxylation is 1. The van der Waals surface area contributed by atoms with Gasteiger partial charge in [0.15, 0.2) is 0 Å². The fourth-order valence-corrected chi connectivity index (χ4v) is 1.46. The largest absolute Gasteiger partial charge is 0.429 e. The third-order valence-corrected chi connectivity index (χ3v) is 2.43. The lowest BCUT2D eigenvalue weighted by atomic mass is 10.3. The Morgan fingerprint density at radius 3 is 2.63 bits per heavy atom. The number of hydrogen-bond acceptors (Lipinski definition) is 2. The molecule has 5 nitrogen and oxygen atoms in total. The van der Waals surface area contributed by atoms with Gasteiger partial charge in [0.1, 0.15) is 5.82 Å². The van der Waals surface area contributed by atoms with E-state index in [1.807, 2.05) is 0 Å². The van der Waals surface area contributed by atoms with Gasteiger partial charge in [-0.25, -0.2) is 9.18 Å². The predicted octanol–water partition coefficient (Wildman–Crippen LogP) is 2.31. The Bertz CT molecular complexity index is 662. The molecular formula is C13H12FN3O2. The van der Waals surface area contributed by atoms with Crippen LogP contribution in [0.4, 0.5) is 14.9 Å². The number of aromatic nitrogens is 1. The lowest BCUT2D eigenvalue weighted by Gasteiger charge is -2.02. The molecule has 0 saturated heterocycles. The summed E-state index contributed by atoms with van der Waals surface area (Å²) in [4.78, 5) is 15.4. The molecule has 0 bridgehead atoms. The van der Waals surface area contributed by atoms with Gasteiger partial charge in [0.25, 0.3) is 0 Å². The SMILES string of the molecule is Cc1c/c(=N/C(=O)Nc2ccc(F)cc2)ccn1O. The average molecular weight is 261 g/mol. The van der Waals surface area contributed by atoms with Crippen LogP contribution in [0.3, 0.4) is 0 Å². The first-order valence-electron chi connectivity index (χ1n) is 5.54. The number of nitrogens with zero attached hydrogens (tertiary/aromatic N) is 2. The van der Waals surface area contributed by atoms with Gasteiger partial charge in [-0.15, -0.1) is 0 Å². The van der Waals surface area contributed by atoms with Crippen LogP contribution in [0.5, 0.6) is 0 Å². The van der Waals surface area contributed by atoms with Gasteiger partial charge in [-0.1, -0.05) is 0 Å². The van der Waals surface area contributed by atoms with Gasteiger partial charge < -0.3 is 10.5 Å². The van der Waals surface area contributed by atoms with Crippen LogP contribution >= 0.6 is 0 Å². The molecule has 98 valence electrons. The average Bonchev–Trinajstić information content (AvgIpc) is 2.37.